The lowest BCUT2D eigenvalue weighted by Crippen LogP contribution is -2.41. The molecule has 1 fully saturated rings. The van der Waals surface area contributed by atoms with Gasteiger partial charge in [0, 0.05) is 12.1 Å². The summed E-state index contributed by atoms with van der Waals surface area (Å²) in [5.41, 5.74) is 1.19. The van der Waals surface area contributed by atoms with Crippen LogP contribution in [0.3, 0.4) is 0 Å². The van der Waals surface area contributed by atoms with E-state index in [0.717, 1.165) is 17.4 Å². The highest BCUT2D eigenvalue weighted by molar-refractivity contribution is 6.34. The lowest BCUT2D eigenvalue weighted by Gasteiger charge is -2.22. The van der Waals surface area contributed by atoms with Crippen LogP contribution in [0.2, 0.25) is 5.02 Å². The summed E-state index contributed by atoms with van der Waals surface area (Å²) in [5, 5.41) is 6.00. The number of imide groups is 1. The molecule has 1 saturated heterocycles. The summed E-state index contributed by atoms with van der Waals surface area (Å²) in [6.07, 6.45) is 1.21. The fourth-order valence-corrected chi connectivity index (χ4v) is 3.39. The SMILES string of the molecule is CCCC(Nc1cc(N2C(=O)CC(=C(C)C)C2=O)c(F)cc1Cl)C(=O)NCC(C)C. The Kier molecular flexibility index (Phi) is 8.01. The van der Waals surface area contributed by atoms with Crippen LogP contribution in [0.25, 0.3) is 0 Å². The molecule has 1 atom stereocenters. The quantitative estimate of drug-likeness (QED) is 0.465. The van der Waals surface area contributed by atoms with E-state index >= 15 is 0 Å². The van der Waals surface area contributed by atoms with Gasteiger partial charge in [-0.1, -0.05) is 44.4 Å². The van der Waals surface area contributed by atoms with Crippen molar-refractivity contribution < 1.29 is 18.8 Å². The third-order valence-electron chi connectivity index (χ3n) is 4.83. The summed E-state index contributed by atoms with van der Waals surface area (Å²) >= 11 is 6.20. The molecule has 1 unspecified atom stereocenters. The predicted molar refractivity (Wildman–Crippen MR) is 117 cm³/mol. The molecule has 0 aliphatic carbocycles. The van der Waals surface area contributed by atoms with Crippen molar-refractivity contribution in [1.29, 1.82) is 0 Å². The summed E-state index contributed by atoms with van der Waals surface area (Å²) < 4.78 is 14.7. The second-order valence-corrected chi connectivity index (χ2v) is 8.50. The number of carbonyl (C=O) groups excluding carboxylic acids is 3. The first-order valence-electron chi connectivity index (χ1n) is 10.1. The Hall–Kier alpha value is -2.41. The first-order chi connectivity index (χ1) is 14.1. The molecule has 1 aromatic carbocycles. The van der Waals surface area contributed by atoms with Crippen molar-refractivity contribution >= 4 is 40.7 Å². The Balaban J connectivity index is 2.36. The van der Waals surface area contributed by atoms with Gasteiger partial charge in [0.15, 0.2) is 0 Å². The maximum atomic E-state index is 14.7. The predicted octanol–water partition coefficient (Wildman–Crippen LogP) is 4.43. The Bertz CT molecular complexity index is 879. The smallest absolute Gasteiger partial charge is 0.261 e. The normalized spacial score (nSPS) is 15.1. The minimum absolute atomic E-state index is 0.0653. The molecule has 2 rings (SSSR count). The molecule has 6 nitrogen and oxygen atoms in total. The maximum absolute atomic E-state index is 14.7. The van der Waals surface area contributed by atoms with E-state index in [0.29, 0.717) is 30.0 Å². The molecule has 1 aliphatic heterocycles. The average molecular weight is 438 g/mol. The van der Waals surface area contributed by atoms with Gasteiger partial charge in [-0.2, -0.15) is 0 Å². The van der Waals surface area contributed by atoms with Crippen molar-refractivity contribution in [2.24, 2.45) is 5.92 Å². The number of allylic oxidation sites excluding steroid dienone is 1. The van der Waals surface area contributed by atoms with Crippen LogP contribution in [-0.4, -0.2) is 30.3 Å². The van der Waals surface area contributed by atoms with E-state index in [1.54, 1.807) is 13.8 Å². The zero-order chi connectivity index (χ0) is 22.6. The van der Waals surface area contributed by atoms with Gasteiger partial charge in [0.25, 0.3) is 5.91 Å². The molecular formula is C22H29ClFN3O3. The standard InChI is InChI=1S/C22H29ClFN3O3/c1-6-7-17(21(29)25-11-12(2)3)26-18-10-19(16(24)9-15(18)23)27-20(28)8-14(13(4)5)22(27)30/h9-10,12,17,26H,6-8,11H2,1-5H3,(H,25,29). The van der Waals surface area contributed by atoms with E-state index in [1.165, 1.54) is 6.07 Å². The molecule has 0 spiro atoms. The molecular weight excluding hydrogens is 409 g/mol. The van der Waals surface area contributed by atoms with Crippen LogP contribution < -0.4 is 15.5 Å². The van der Waals surface area contributed by atoms with Gasteiger partial charge in [0.2, 0.25) is 11.8 Å². The highest BCUT2D eigenvalue weighted by Crippen LogP contribution is 2.35. The third kappa shape index (κ3) is 5.39. The van der Waals surface area contributed by atoms with Gasteiger partial charge in [-0.25, -0.2) is 9.29 Å². The Morgan fingerprint density at radius 2 is 1.93 bits per heavy atom. The molecule has 0 radical (unpaired) electrons. The maximum Gasteiger partial charge on any atom is 0.261 e. The van der Waals surface area contributed by atoms with Crippen LogP contribution in [0.5, 0.6) is 0 Å². The molecule has 0 aromatic heterocycles. The number of anilines is 2. The van der Waals surface area contributed by atoms with Crippen molar-refractivity contribution in [3.63, 3.8) is 0 Å². The Labute approximate surface area is 181 Å². The monoisotopic (exact) mass is 437 g/mol. The summed E-state index contributed by atoms with van der Waals surface area (Å²) in [7, 11) is 0. The molecule has 30 heavy (non-hydrogen) atoms. The van der Waals surface area contributed by atoms with Gasteiger partial charge >= 0.3 is 0 Å². The second-order valence-electron chi connectivity index (χ2n) is 8.10. The molecule has 8 heteroatoms. The number of benzene rings is 1. The number of nitrogens with one attached hydrogen (secondary N) is 2. The van der Waals surface area contributed by atoms with Crippen molar-refractivity contribution in [3.05, 3.63) is 34.1 Å². The number of halogens is 2. The highest BCUT2D eigenvalue weighted by atomic mass is 35.5. The molecule has 0 saturated carbocycles. The van der Waals surface area contributed by atoms with Gasteiger partial charge in [-0.05, 0) is 38.3 Å². The Morgan fingerprint density at radius 1 is 1.27 bits per heavy atom. The molecule has 1 aromatic rings. The molecule has 3 amide bonds. The van der Waals surface area contributed by atoms with Gasteiger partial charge < -0.3 is 10.6 Å². The number of nitrogens with zero attached hydrogens (tertiary/aromatic N) is 1. The topological polar surface area (TPSA) is 78.5 Å². The number of hydrogen-bond donors (Lipinski definition) is 2. The van der Waals surface area contributed by atoms with Crippen molar-refractivity contribution in [2.75, 3.05) is 16.8 Å². The van der Waals surface area contributed by atoms with Crippen LogP contribution in [0.1, 0.15) is 53.9 Å². The minimum Gasteiger partial charge on any atom is -0.372 e. The summed E-state index contributed by atoms with van der Waals surface area (Å²) in [5.74, 6) is -1.70. The number of hydrogen-bond acceptors (Lipinski definition) is 4. The third-order valence-corrected chi connectivity index (χ3v) is 5.14. The van der Waals surface area contributed by atoms with Crippen LogP contribution >= 0.6 is 11.6 Å². The zero-order valence-corrected chi connectivity index (χ0v) is 18.8. The molecule has 1 aliphatic rings. The van der Waals surface area contributed by atoms with Crippen LogP contribution in [0.4, 0.5) is 15.8 Å². The van der Waals surface area contributed by atoms with Crippen LogP contribution in [-0.2, 0) is 14.4 Å². The van der Waals surface area contributed by atoms with E-state index in [2.05, 4.69) is 10.6 Å². The fourth-order valence-electron chi connectivity index (χ4n) is 3.18. The van der Waals surface area contributed by atoms with Gasteiger partial charge in [-0.3, -0.25) is 14.4 Å². The molecule has 0 bridgehead atoms. The van der Waals surface area contributed by atoms with E-state index in [-0.39, 0.29) is 28.7 Å². The van der Waals surface area contributed by atoms with Crippen molar-refractivity contribution in [1.82, 2.24) is 5.32 Å². The van der Waals surface area contributed by atoms with Gasteiger partial charge in [-0.15, -0.1) is 0 Å². The summed E-state index contributed by atoms with van der Waals surface area (Å²) in [6.45, 7) is 9.95. The van der Waals surface area contributed by atoms with Gasteiger partial charge in [0.05, 0.1) is 22.8 Å². The molecule has 2 N–H and O–H groups in total. The lowest BCUT2D eigenvalue weighted by molar-refractivity contribution is -0.122. The van der Waals surface area contributed by atoms with Crippen LogP contribution in [0, 0.1) is 11.7 Å². The number of carbonyl (C=O) groups is 3. The second kappa shape index (κ2) is 10.1. The van der Waals surface area contributed by atoms with Crippen LogP contribution in [0.15, 0.2) is 23.3 Å². The van der Waals surface area contributed by atoms with Crippen molar-refractivity contribution in [2.45, 2.75) is 59.9 Å². The number of amides is 3. The zero-order valence-electron chi connectivity index (χ0n) is 18.1. The first-order valence-corrected chi connectivity index (χ1v) is 10.5. The van der Waals surface area contributed by atoms with E-state index in [9.17, 15) is 18.8 Å². The van der Waals surface area contributed by atoms with Crippen molar-refractivity contribution in [3.8, 4) is 0 Å². The minimum atomic E-state index is -0.779. The lowest BCUT2D eigenvalue weighted by atomic mass is 10.1. The van der Waals surface area contributed by atoms with E-state index in [4.69, 9.17) is 11.6 Å². The highest BCUT2D eigenvalue weighted by Gasteiger charge is 2.37. The summed E-state index contributed by atoms with van der Waals surface area (Å²) in [4.78, 5) is 38.5. The molecule has 1 heterocycles. The summed E-state index contributed by atoms with van der Waals surface area (Å²) in [6, 6.07) is 1.79. The fraction of sp³-hybridized carbons (Fsp3) is 0.500. The van der Waals surface area contributed by atoms with E-state index in [1.807, 2.05) is 20.8 Å². The van der Waals surface area contributed by atoms with Gasteiger partial charge in [0.1, 0.15) is 11.9 Å². The van der Waals surface area contributed by atoms with E-state index < -0.39 is 23.7 Å². The average Bonchev–Trinajstić information content (AvgIpc) is 2.96. The Morgan fingerprint density at radius 3 is 2.47 bits per heavy atom. The first kappa shape index (κ1) is 23.9. The number of rotatable bonds is 8. The molecule has 164 valence electrons. The largest absolute Gasteiger partial charge is 0.372 e.